The molecule has 606 valence electrons. The number of benzene rings is 14. The Kier molecular flexibility index (Phi) is 23.9. The van der Waals surface area contributed by atoms with Crippen molar-refractivity contribution in [3.63, 3.8) is 0 Å². The molecule has 23 aromatic rings. The van der Waals surface area contributed by atoms with Gasteiger partial charge in [-0.3, -0.25) is 9.78 Å². The van der Waals surface area contributed by atoms with Crippen molar-refractivity contribution >= 4 is 129 Å². The van der Waals surface area contributed by atoms with Crippen LogP contribution >= 0.6 is 22.7 Å². The minimum atomic E-state index is -0.125. The van der Waals surface area contributed by atoms with Gasteiger partial charge < -0.3 is 19.6 Å². The molecule has 0 unspecified atom stereocenters. The largest absolute Gasteiger partial charge is 0.512 e. The number of thiophene rings is 2. The second-order valence-corrected chi connectivity index (χ2v) is 32.4. The van der Waals surface area contributed by atoms with Crippen LogP contribution in [0.5, 0.6) is 0 Å². The van der Waals surface area contributed by atoms with E-state index in [1.54, 1.807) is 6.20 Å². The summed E-state index contributed by atoms with van der Waals surface area (Å²) < 4.78 is 19.6. The summed E-state index contributed by atoms with van der Waals surface area (Å²) >= 11 is 3.73. The van der Waals surface area contributed by atoms with Crippen molar-refractivity contribution in [1.29, 1.82) is 0 Å². The van der Waals surface area contributed by atoms with Gasteiger partial charge >= 0.3 is 0 Å². The van der Waals surface area contributed by atoms with Crippen molar-refractivity contribution in [2.45, 2.75) is 33.5 Å². The molecule has 3 aliphatic rings. The van der Waals surface area contributed by atoms with Gasteiger partial charge in [-0.15, -0.1) is 107 Å². The molecule has 1 N–H and O–H groups in total. The van der Waals surface area contributed by atoms with Crippen molar-refractivity contribution in [2.75, 3.05) is 0 Å². The maximum Gasteiger partial charge on any atom is 0.296 e. The Bertz CT molecular complexity index is 7870. The number of carbonyl (C=O) groups excluding carboxylic acids is 1. The summed E-state index contributed by atoms with van der Waals surface area (Å²) in [4.78, 5) is 23.5. The summed E-state index contributed by atoms with van der Waals surface area (Å²) in [6.45, 7) is 5.77. The van der Waals surface area contributed by atoms with E-state index in [0.717, 1.165) is 70.3 Å². The van der Waals surface area contributed by atoms with Crippen LogP contribution in [0.3, 0.4) is 0 Å². The fourth-order valence-corrected chi connectivity index (χ4v) is 19.8. The van der Waals surface area contributed by atoms with Gasteiger partial charge in [0.25, 0.3) is 11.5 Å². The van der Waals surface area contributed by atoms with E-state index in [2.05, 4.69) is 310 Å². The molecule has 14 aromatic carbocycles. The van der Waals surface area contributed by atoms with Crippen molar-refractivity contribution in [2.24, 2.45) is 0 Å². The van der Waals surface area contributed by atoms with E-state index in [1.165, 1.54) is 155 Å². The van der Waals surface area contributed by atoms with Crippen LogP contribution in [0.2, 0.25) is 0 Å². The van der Waals surface area contributed by atoms with Gasteiger partial charge in [-0.05, 0) is 138 Å². The third kappa shape index (κ3) is 16.0. The van der Waals surface area contributed by atoms with E-state index in [1.807, 2.05) is 156 Å². The Morgan fingerprint density at radius 1 is 0.416 bits per heavy atom. The summed E-state index contributed by atoms with van der Waals surface area (Å²) in [7, 11) is 0. The molecule has 15 heteroatoms. The zero-order valence-corrected chi connectivity index (χ0v) is 74.5. The number of aliphatic hydroxyl groups is 1. The number of para-hydroxylation sites is 9. The average Bonchev–Trinajstić information content (AvgIpc) is 1.53. The van der Waals surface area contributed by atoms with Crippen LogP contribution in [0.1, 0.15) is 30.5 Å². The SMILES string of the molecule is CC(=O)C=C(C)O.[Ir].[Ir].[c-]1ccc2c(sc3ccccc32)c1-c1ccccn1.[c-]1ccccc1-c1ccccn1.[c-]1ccccc1-c1nc2ccccc2n1-c1ccccc1.c1cc2c3c(c1)c1ccccc1n1c4ccccc4[n+](c31)C2.c1cc[n+]2c(c1)-c1c(ccc3c1sc1ccccc13)C2.c1ccc(-n2c3[n+](c4ccccc42)Cc2ccccc2-3)cc1. The summed E-state index contributed by atoms with van der Waals surface area (Å²) in [6.07, 6.45) is 6.96. The van der Waals surface area contributed by atoms with Crippen LogP contribution < -0.4 is 13.7 Å². The standard InChI is InChI=1S/C20H13N2.C20H15N2.C19H13N2.C18H12NS.C17H10NS.C11H8N.C5H8O2.2Ir/c1-2-9-16-14(7-1)15-8-5-6-13-12-21-17-10-3-4-11-18(17)22(16)20(21)19(13)15;1-2-9-16(10-3-1)22-19-13-7-6-12-18(19)21-14-15-8-4-5-11-17(15)20(21)22;1-3-9-15(10-4-1)19-20-17-13-7-8-14-18(17)21(19)16-11-5-2-6-12-16;1-2-7-16-13(5-1)14-9-8-12-11-19-10-4-3-6-15(19)17(12)18(14)20-16;1-2-10-16-12(6-1)13-7-5-8-14(17(13)19-16)15-9-3-4-11-18-15;1-2-6-10(7-3-1)11-8-4-5-9-12-11;1-4(6)3-5(2)7;;/h1-11H,12H2;1-13H,14H2;1-9,11-14H;1-10H,11H2;1-7,9-11H;1-6,8-9H;3,6H,1-2H3;;/q2*+1;-1;+1;2*-1;;;. The number of hydrogen-bond donors (Lipinski definition) is 1. The van der Waals surface area contributed by atoms with Gasteiger partial charge in [0.05, 0.1) is 39.1 Å². The normalized spacial score (nSPS) is 11.6. The molecule has 9 aromatic heterocycles. The molecule has 12 heterocycles. The number of aromatic nitrogens is 9. The second-order valence-electron chi connectivity index (χ2n) is 30.3. The molecule has 0 saturated carbocycles. The van der Waals surface area contributed by atoms with E-state index < -0.39 is 0 Å². The molecular formula is C110H79Ir2N9O2S2. The Hall–Kier alpha value is -14.1. The Labute approximate surface area is 758 Å². The smallest absolute Gasteiger partial charge is 0.296 e. The van der Waals surface area contributed by atoms with Crippen LogP contribution in [0.25, 0.3) is 169 Å². The molecule has 0 amide bonds. The summed E-state index contributed by atoms with van der Waals surface area (Å²) in [6, 6.07) is 140. The minimum absolute atomic E-state index is 0. The van der Waals surface area contributed by atoms with Gasteiger partial charge in [0.1, 0.15) is 24.3 Å². The fraction of sp³-hybridized carbons (Fsp3) is 0.0455. The van der Waals surface area contributed by atoms with Gasteiger partial charge in [-0.25, -0.2) is 9.13 Å². The van der Waals surface area contributed by atoms with Gasteiger partial charge in [0.15, 0.2) is 40.6 Å². The van der Waals surface area contributed by atoms with Crippen molar-refractivity contribution < 1.29 is 63.8 Å². The monoisotopic (exact) mass is 2010 g/mol. The first-order valence-corrected chi connectivity index (χ1v) is 42.7. The molecule has 0 fully saturated rings. The van der Waals surface area contributed by atoms with Gasteiger partial charge in [-0.2, -0.15) is 24.9 Å². The number of imidazole rings is 3. The summed E-state index contributed by atoms with van der Waals surface area (Å²) in [5.74, 6) is 2.14. The van der Waals surface area contributed by atoms with Crippen molar-refractivity contribution in [3.05, 3.63) is 441 Å². The molecule has 0 bridgehead atoms. The van der Waals surface area contributed by atoms with Crippen LogP contribution in [0.15, 0.2) is 407 Å². The Morgan fingerprint density at radius 2 is 0.968 bits per heavy atom. The first-order valence-electron chi connectivity index (χ1n) is 41.1. The van der Waals surface area contributed by atoms with Crippen LogP contribution in [-0.2, 0) is 64.6 Å². The molecule has 2 radical (unpaired) electrons. The number of fused-ring (bicyclic) bond motifs is 22. The predicted octanol–water partition coefficient (Wildman–Crippen LogP) is 25.4. The zero-order valence-electron chi connectivity index (χ0n) is 68.1. The number of aliphatic hydroxyl groups excluding tert-OH is 1. The quantitative estimate of drug-likeness (QED) is 0.0587. The number of ketones is 1. The first kappa shape index (κ1) is 81.9. The zero-order chi connectivity index (χ0) is 82.7. The van der Waals surface area contributed by atoms with E-state index in [0.29, 0.717) is 0 Å². The van der Waals surface area contributed by atoms with Gasteiger partial charge in [0, 0.05) is 129 Å². The van der Waals surface area contributed by atoms with Crippen molar-refractivity contribution in [3.8, 4) is 67.9 Å². The molecule has 3 aliphatic heterocycles. The Morgan fingerprint density at radius 3 is 1.65 bits per heavy atom. The number of hydrogen-bond acceptors (Lipinski definition) is 7. The van der Waals surface area contributed by atoms with Gasteiger partial charge in [-0.1, -0.05) is 206 Å². The third-order valence-electron chi connectivity index (χ3n) is 22.5. The first-order chi connectivity index (χ1) is 60.7. The molecule has 11 nitrogen and oxygen atoms in total. The number of nitrogens with zero attached hydrogens (tertiary/aromatic N) is 9. The van der Waals surface area contributed by atoms with Crippen LogP contribution in [0, 0.1) is 18.2 Å². The van der Waals surface area contributed by atoms with E-state index in [-0.39, 0.29) is 51.8 Å². The number of pyridine rings is 4. The topological polar surface area (TPSA) is 102 Å². The summed E-state index contributed by atoms with van der Waals surface area (Å²) in [5, 5.41) is 17.9. The molecule has 0 aliphatic carbocycles. The van der Waals surface area contributed by atoms with Crippen molar-refractivity contribution in [1.82, 2.24) is 28.5 Å². The Balaban J connectivity index is 0.000000101. The molecule has 26 rings (SSSR count). The average molecular weight is 2010 g/mol. The van der Waals surface area contributed by atoms with E-state index >= 15 is 0 Å². The molecule has 125 heavy (non-hydrogen) atoms. The molecular weight excluding hydrogens is 1930 g/mol. The fourth-order valence-electron chi connectivity index (χ4n) is 17.3. The number of rotatable bonds is 6. The minimum Gasteiger partial charge on any atom is -0.512 e. The number of allylic oxidation sites excluding steroid dienone is 2. The molecule has 0 spiro atoms. The van der Waals surface area contributed by atoms with Gasteiger partial charge in [0.2, 0.25) is 5.69 Å². The van der Waals surface area contributed by atoms with Crippen LogP contribution in [0.4, 0.5) is 0 Å². The maximum absolute atomic E-state index is 10.0. The van der Waals surface area contributed by atoms with E-state index in [4.69, 9.17) is 10.1 Å². The third-order valence-corrected chi connectivity index (χ3v) is 24.9. The van der Waals surface area contributed by atoms with Crippen LogP contribution in [-0.4, -0.2) is 39.4 Å². The van der Waals surface area contributed by atoms with E-state index in [9.17, 15) is 4.79 Å². The predicted molar refractivity (Wildman–Crippen MR) is 504 cm³/mol. The molecule has 0 atom stereocenters. The second kappa shape index (κ2) is 36.5. The maximum atomic E-state index is 10.0. The molecule has 0 saturated heterocycles. The number of carbonyl (C=O) groups is 1. The summed E-state index contributed by atoms with van der Waals surface area (Å²) in [5.41, 5.74) is 25.7.